The molecule has 1 saturated heterocycles. The average Bonchev–Trinajstić information content (AvgIpc) is 2.69. The Morgan fingerprint density at radius 2 is 1.77 bits per heavy atom. The van der Waals surface area contributed by atoms with Gasteiger partial charge in [-0.3, -0.25) is 19.7 Å². The van der Waals surface area contributed by atoms with Gasteiger partial charge in [0, 0.05) is 44.3 Å². The van der Waals surface area contributed by atoms with Gasteiger partial charge < -0.3 is 10.0 Å². The summed E-state index contributed by atoms with van der Waals surface area (Å²) in [6.45, 7) is 3.61. The fourth-order valence-electron chi connectivity index (χ4n) is 3.34. The first-order chi connectivity index (χ1) is 12.7. The second-order valence-corrected chi connectivity index (χ2v) is 6.43. The van der Waals surface area contributed by atoms with E-state index < -0.39 is 0 Å². The minimum absolute atomic E-state index is 0.0652. The van der Waals surface area contributed by atoms with Crippen LogP contribution < -0.4 is 0 Å². The molecule has 0 aliphatic carbocycles. The number of carbonyl (C=O) groups excluding carboxylic acids is 1. The van der Waals surface area contributed by atoms with E-state index in [0.29, 0.717) is 29.6 Å². The van der Waals surface area contributed by atoms with Crippen molar-refractivity contribution in [2.45, 2.75) is 6.54 Å². The van der Waals surface area contributed by atoms with Gasteiger partial charge in [-0.1, -0.05) is 24.3 Å². The Bertz CT molecular complexity index is 922. The smallest absolute Gasteiger partial charge is 0.258 e. The van der Waals surface area contributed by atoms with Crippen LogP contribution in [0.15, 0.2) is 54.9 Å². The number of pyridine rings is 2. The molecule has 1 aliphatic rings. The molecule has 0 bridgehead atoms. The van der Waals surface area contributed by atoms with Crippen molar-refractivity contribution >= 4 is 16.8 Å². The molecular weight excluding hydrogens is 328 g/mol. The van der Waals surface area contributed by atoms with Crippen molar-refractivity contribution < 1.29 is 9.90 Å². The van der Waals surface area contributed by atoms with Crippen LogP contribution in [0.3, 0.4) is 0 Å². The topological polar surface area (TPSA) is 69.6 Å². The number of piperazine rings is 1. The summed E-state index contributed by atoms with van der Waals surface area (Å²) in [5.74, 6) is -0.205. The standard InChI is InChI=1S/C20H20N4O2/c25-18-13-22-17-7-2-1-6-16(17)19(18)20(26)24-11-9-23(10-12-24)14-15-5-3-4-8-21-15/h1-8,13,25H,9-12,14H2. The van der Waals surface area contributed by atoms with Gasteiger partial charge in [0.2, 0.25) is 0 Å². The maximum atomic E-state index is 13.0. The van der Waals surface area contributed by atoms with Gasteiger partial charge in [-0.15, -0.1) is 0 Å². The Labute approximate surface area is 151 Å². The summed E-state index contributed by atoms with van der Waals surface area (Å²) in [7, 11) is 0. The zero-order chi connectivity index (χ0) is 17.9. The van der Waals surface area contributed by atoms with E-state index in [2.05, 4.69) is 14.9 Å². The number of benzene rings is 1. The molecule has 0 spiro atoms. The number of fused-ring (bicyclic) bond motifs is 1. The van der Waals surface area contributed by atoms with Crippen LogP contribution in [0.1, 0.15) is 16.1 Å². The minimum atomic E-state index is -0.140. The van der Waals surface area contributed by atoms with E-state index in [0.717, 1.165) is 25.3 Å². The molecule has 0 radical (unpaired) electrons. The van der Waals surface area contributed by atoms with Crippen molar-refractivity contribution in [1.82, 2.24) is 19.8 Å². The van der Waals surface area contributed by atoms with Gasteiger partial charge >= 0.3 is 0 Å². The fraction of sp³-hybridized carbons (Fsp3) is 0.250. The van der Waals surface area contributed by atoms with E-state index in [1.54, 1.807) is 11.1 Å². The molecule has 0 saturated carbocycles. The summed E-state index contributed by atoms with van der Waals surface area (Å²) in [5, 5.41) is 10.9. The quantitative estimate of drug-likeness (QED) is 0.786. The van der Waals surface area contributed by atoms with Crippen molar-refractivity contribution in [2.75, 3.05) is 26.2 Å². The number of nitrogens with zero attached hydrogens (tertiary/aromatic N) is 4. The molecule has 1 N–H and O–H groups in total. The normalized spacial score (nSPS) is 15.3. The summed E-state index contributed by atoms with van der Waals surface area (Å²) in [6.07, 6.45) is 3.15. The molecule has 1 aliphatic heterocycles. The van der Waals surface area contributed by atoms with Gasteiger partial charge in [-0.2, -0.15) is 0 Å². The number of para-hydroxylation sites is 1. The molecule has 4 rings (SSSR count). The van der Waals surface area contributed by atoms with Gasteiger partial charge in [0.1, 0.15) is 5.75 Å². The van der Waals surface area contributed by atoms with E-state index in [1.807, 2.05) is 42.5 Å². The van der Waals surface area contributed by atoms with E-state index in [4.69, 9.17) is 0 Å². The summed E-state index contributed by atoms with van der Waals surface area (Å²) >= 11 is 0. The highest BCUT2D eigenvalue weighted by molar-refractivity contribution is 6.08. The largest absolute Gasteiger partial charge is 0.505 e. The second kappa shape index (κ2) is 7.09. The van der Waals surface area contributed by atoms with Crippen molar-refractivity contribution in [3.8, 4) is 5.75 Å². The SMILES string of the molecule is O=C(c1c(O)cnc2ccccc12)N1CCN(Cc2ccccn2)CC1. The molecule has 1 fully saturated rings. The number of hydrogen-bond donors (Lipinski definition) is 1. The van der Waals surface area contributed by atoms with Crippen LogP contribution >= 0.6 is 0 Å². The summed E-state index contributed by atoms with van der Waals surface area (Å²) in [4.78, 5) is 25.6. The number of hydrogen-bond acceptors (Lipinski definition) is 5. The van der Waals surface area contributed by atoms with Crippen LogP contribution in [-0.2, 0) is 6.54 Å². The minimum Gasteiger partial charge on any atom is -0.505 e. The lowest BCUT2D eigenvalue weighted by atomic mass is 10.1. The molecule has 1 aromatic carbocycles. The first-order valence-electron chi connectivity index (χ1n) is 8.70. The first-order valence-corrected chi connectivity index (χ1v) is 8.70. The van der Waals surface area contributed by atoms with Crippen LogP contribution in [0, 0.1) is 0 Å². The third kappa shape index (κ3) is 3.23. The number of amides is 1. The molecule has 1 amide bonds. The van der Waals surface area contributed by atoms with Crippen LogP contribution in [0.4, 0.5) is 0 Å². The summed E-state index contributed by atoms with van der Waals surface area (Å²) in [6, 6.07) is 13.3. The first kappa shape index (κ1) is 16.5. The van der Waals surface area contributed by atoms with Crippen LogP contribution in [0.2, 0.25) is 0 Å². The third-order valence-corrected chi connectivity index (χ3v) is 4.74. The summed E-state index contributed by atoms with van der Waals surface area (Å²) in [5.41, 5.74) is 2.08. The maximum absolute atomic E-state index is 13.0. The van der Waals surface area contributed by atoms with Crippen molar-refractivity contribution in [1.29, 1.82) is 0 Å². The lowest BCUT2D eigenvalue weighted by Crippen LogP contribution is -2.48. The Hall–Kier alpha value is -2.99. The predicted molar refractivity (Wildman–Crippen MR) is 98.8 cm³/mol. The molecule has 0 atom stereocenters. The molecule has 2 aromatic heterocycles. The van der Waals surface area contributed by atoms with E-state index in [-0.39, 0.29) is 11.7 Å². The Morgan fingerprint density at radius 3 is 2.54 bits per heavy atom. The number of aromatic hydroxyl groups is 1. The van der Waals surface area contributed by atoms with E-state index in [9.17, 15) is 9.90 Å². The van der Waals surface area contributed by atoms with E-state index in [1.165, 1.54) is 6.20 Å². The molecule has 3 heterocycles. The van der Waals surface area contributed by atoms with Gasteiger partial charge in [0.15, 0.2) is 0 Å². The van der Waals surface area contributed by atoms with Gasteiger partial charge in [0.25, 0.3) is 5.91 Å². The lowest BCUT2D eigenvalue weighted by molar-refractivity contribution is 0.0626. The number of rotatable bonds is 3. The number of aromatic nitrogens is 2. The lowest BCUT2D eigenvalue weighted by Gasteiger charge is -2.34. The van der Waals surface area contributed by atoms with Crippen molar-refractivity contribution in [3.05, 3.63) is 66.1 Å². The van der Waals surface area contributed by atoms with Gasteiger partial charge in [-0.25, -0.2) is 0 Å². The molecule has 26 heavy (non-hydrogen) atoms. The van der Waals surface area contributed by atoms with Crippen molar-refractivity contribution in [2.24, 2.45) is 0 Å². The van der Waals surface area contributed by atoms with Crippen LogP contribution in [0.5, 0.6) is 5.75 Å². The summed E-state index contributed by atoms with van der Waals surface area (Å²) < 4.78 is 0. The maximum Gasteiger partial charge on any atom is 0.258 e. The fourth-order valence-corrected chi connectivity index (χ4v) is 3.34. The zero-order valence-corrected chi connectivity index (χ0v) is 14.4. The second-order valence-electron chi connectivity index (χ2n) is 6.43. The van der Waals surface area contributed by atoms with Gasteiger partial charge in [0.05, 0.1) is 23.0 Å². The average molecular weight is 348 g/mol. The highest BCUT2D eigenvalue weighted by Gasteiger charge is 2.25. The molecule has 3 aromatic rings. The number of carbonyl (C=O) groups is 1. The Morgan fingerprint density at radius 1 is 1.00 bits per heavy atom. The van der Waals surface area contributed by atoms with Gasteiger partial charge in [-0.05, 0) is 18.2 Å². The van der Waals surface area contributed by atoms with E-state index >= 15 is 0 Å². The Kier molecular flexibility index (Phi) is 4.50. The van der Waals surface area contributed by atoms with Crippen molar-refractivity contribution in [3.63, 3.8) is 0 Å². The third-order valence-electron chi connectivity index (χ3n) is 4.74. The zero-order valence-electron chi connectivity index (χ0n) is 14.4. The Balaban J connectivity index is 1.48. The monoisotopic (exact) mass is 348 g/mol. The van der Waals surface area contributed by atoms with Crippen LogP contribution in [0.25, 0.3) is 10.9 Å². The molecule has 132 valence electrons. The molecular formula is C20H20N4O2. The molecule has 6 heteroatoms. The van der Waals surface area contributed by atoms with Crippen LogP contribution in [-0.4, -0.2) is 57.0 Å². The highest BCUT2D eigenvalue weighted by Crippen LogP contribution is 2.27. The molecule has 0 unspecified atom stereocenters. The highest BCUT2D eigenvalue weighted by atomic mass is 16.3. The molecule has 6 nitrogen and oxygen atoms in total. The predicted octanol–water partition coefficient (Wildman–Crippen LogP) is 2.29.